The summed E-state index contributed by atoms with van der Waals surface area (Å²) in [5.74, 6) is 0.0600. The number of likely N-dealkylation sites (tertiary alicyclic amines) is 1. The maximum atomic E-state index is 12.3. The first-order chi connectivity index (χ1) is 10.7. The summed E-state index contributed by atoms with van der Waals surface area (Å²) in [5, 5.41) is 3.00. The second-order valence-corrected chi connectivity index (χ2v) is 6.84. The standard InChI is InChI=1S/C18H19IN2O/c19-15-8-4-9-16(12-15)20-18(22)13-21-11-5-10-17(21)14-6-2-1-3-7-14/h1-4,6-9,12,17H,5,10-11,13H2,(H,20,22)/t17-/m0/s1. The van der Waals surface area contributed by atoms with Gasteiger partial charge in [0.25, 0.3) is 0 Å². The summed E-state index contributed by atoms with van der Waals surface area (Å²) in [4.78, 5) is 14.6. The number of amides is 1. The van der Waals surface area contributed by atoms with E-state index in [9.17, 15) is 4.79 Å². The highest BCUT2D eigenvalue weighted by Gasteiger charge is 2.27. The monoisotopic (exact) mass is 406 g/mol. The zero-order chi connectivity index (χ0) is 15.4. The molecule has 0 aliphatic carbocycles. The Bertz CT molecular complexity index is 645. The summed E-state index contributed by atoms with van der Waals surface area (Å²) in [5.41, 5.74) is 2.18. The minimum absolute atomic E-state index is 0.0600. The van der Waals surface area contributed by atoms with Gasteiger partial charge in [-0.15, -0.1) is 0 Å². The van der Waals surface area contributed by atoms with Crippen molar-refractivity contribution in [2.45, 2.75) is 18.9 Å². The minimum Gasteiger partial charge on any atom is -0.325 e. The zero-order valence-corrected chi connectivity index (χ0v) is 14.5. The maximum Gasteiger partial charge on any atom is 0.238 e. The topological polar surface area (TPSA) is 32.3 Å². The van der Waals surface area contributed by atoms with Crippen LogP contribution in [0, 0.1) is 3.57 Å². The van der Waals surface area contributed by atoms with Crippen LogP contribution in [0.15, 0.2) is 54.6 Å². The largest absolute Gasteiger partial charge is 0.325 e. The van der Waals surface area contributed by atoms with Gasteiger partial charge in [-0.2, -0.15) is 0 Å². The van der Waals surface area contributed by atoms with Crippen LogP contribution in [-0.4, -0.2) is 23.9 Å². The molecule has 1 saturated heterocycles. The van der Waals surface area contributed by atoms with E-state index in [0.717, 1.165) is 28.6 Å². The number of nitrogens with zero attached hydrogens (tertiary/aromatic N) is 1. The highest BCUT2D eigenvalue weighted by molar-refractivity contribution is 14.1. The Hall–Kier alpha value is -1.40. The van der Waals surface area contributed by atoms with Crippen LogP contribution in [0.3, 0.4) is 0 Å². The zero-order valence-electron chi connectivity index (χ0n) is 12.3. The number of hydrogen-bond donors (Lipinski definition) is 1. The Balaban J connectivity index is 1.63. The lowest BCUT2D eigenvalue weighted by Crippen LogP contribution is -2.32. The Labute approximate surface area is 144 Å². The van der Waals surface area contributed by atoms with Crippen LogP contribution >= 0.6 is 22.6 Å². The Morgan fingerprint density at radius 2 is 2.00 bits per heavy atom. The quantitative estimate of drug-likeness (QED) is 0.777. The van der Waals surface area contributed by atoms with Crippen LogP contribution in [0.4, 0.5) is 5.69 Å². The number of anilines is 1. The van der Waals surface area contributed by atoms with Gasteiger partial charge in [-0.05, 0) is 65.7 Å². The molecule has 0 aromatic heterocycles. The first kappa shape index (κ1) is 15.5. The highest BCUT2D eigenvalue weighted by Crippen LogP contribution is 2.31. The summed E-state index contributed by atoms with van der Waals surface area (Å²) in [6.07, 6.45) is 2.27. The normalized spacial score (nSPS) is 18.3. The summed E-state index contributed by atoms with van der Waals surface area (Å²) >= 11 is 2.25. The summed E-state index contributed by atoms with van der Waals surface area (Å²) in [6, 6.07) is 18.7. The fraction of sp³-hybridized carbons (Fsp3) is 0.278. The third kappa shape index (κ3) is 3.87. The van der Waals surface area contributed by atoms with Crippen LogP contribution in [-0.2, 0) is 4.79 Å². The molecule has 3 nitrogen and oxygen atoms in total. The molecule has 1 aliphatic rings. The average molecular weight is 406 g/mol. The van der Waals surface area contributed by atoms with Gasteiger partial charge in [0, 0.05) is 15.3 Å². The van der Waals surface area contributed by atoms with E-state index in [1.54, 1.807) is 0 Å². The van der Waals surface area contributed by atoms with E-state index >= 15 is 0 Å². The predicted molar refractivity (Wildman–Crippen MR) is 97.8 cm³/mol. The molecule has 1 fully saturated rings. The maximum absolute atomic E-state index is 12.3. The van der Waals surface area contributed by atoms with Gasteiger partial charge < -0.3 is 5.32 Å². The lowest BCUT2D eigenvalue weighted by atomic mass is 10.0. The molecule has 2 aromatic rings. The first-order valence-electron chi connectivity index (χ1n) is 7.57. The van der Waals surface area contributed by atoms with E-state index in [1.807, 2.05) is 30.3 Å². The van der Waals surface area contributed by atoms with Crippen molar-refractivity contribution in [2.24, 2.45) is 0 Å². The number of nitrogens with one attached hydrogen (secondary N) is 1. The minimum atomic E-state index is 0.0600. The molecule has 3 rings (SSSR count). The van der Waals surface area contributed by atoms with Crippen molar-refractivity contribution in [3.05, 3.63) is 63.7 Å². The summed E-state index contributed by atoms with van der Waals surface area (Å²) < 4.78 is 1.12. The third-order valence-electron chi connectivity index (χ3n) is 4.00. The molecule has 0 unspecified atom stereocenters. The van der Waals surface area contributed by atoms with E-state index in [2.05, 4.69) is 57.1 Å². The number of rotatable bonds is 4. The van der Waals surface area contributed by atoms with E-state index in [-0.39, 0.29) is 5.91 Å². The number of halogens is 1. The van der Waals surface area contributed by atoms with Crippen molar-refractivity contribution >= 4 is 34.2 Å². The van der Waals surface area contributed by atoms with Crippen molar-refractivity contribution < 1.29 is 4.79 Å². The lowest BCUT2D eigenvalue weighted by Gasteiger charge is -2.24. The Morgan fingerprint density at radius 1 is 1.18 bits per heavy atom. The molecular formula is C18H19IN2O. The van der Waals surface area contributed by atoms with Crippen molar-refractivity contribution in [3.63, 3.8) is 0 Å². The first-order valence-corrected chi connectivity index (χ1v) is 8.65. The molecule has 1 atom stereocenters. The number of carbonyl (C=O) groups is 1. The van der Waals surface area contributed by atoms with Crippen molar-refractivity contribution in [2.75, 3.05) is 18.4 Å². The van der Waals surface area contributed by atoms with Crippen molar-refractivity contribution in [1.82, 2.24) is 4.90 Å². The fourth-order valence-electron chi connectivity index (χ4n) is 3.02. The Morgan fingerprint density at radius 3 is 2.77 bits per heavy atom. The molecule has 4 heteroatoms. The van der Waals surface area contributed by atoms with Gasteiger partial charge in [0.05, 0.1) is 6.54 Å². The SMILES string of the molecule is O=C(CN1CCC[C@H]1c1ccccc1)Nc1cccc(I)c1. The van der Waals surface area contributed by atoms with Crippen molar-refractivity contribution in [1.29, 1.82) is 0 Å². The molecule has 22 heavy (non-hydrogen) atoms. The van der Waals surface area contributed by atoms with Gasteiger partial charge in [0.15, 0.2) is 0 Å². The van der Waals surface area contributed by atoms with E-state index in [0.29, 0.717) is 12.6 Å². The van der Waals surface area contributed by atoms with Crippen LogP contribution in [0.25, 0.3) is 0 Å². The van der Waals surface area contributed by atoms with Gasteiger partial charge >= 0.3 is 0 Å². The van der Waals surface area contributed by atoms with Gasteiger partial charge in [0.2, 0.25) is 5.91 Å². The number of benzene rings is 2. The fourth-order valence-corrected chi connectivity index (χ4v) is 3.56. The van der Waals surface area contributed by atoms with Crippen molar-refractivity contribution in [3.8, 4) is 0 Å². The number of carbonyl (C=O) groups excluding carboxylic acids is 1. The molecule has 1 aliphatic heterocycles. The second-order valence-electron chi connectivity index (χ2n) is 5.60. The Kier molecular flexibility index (Phi) is 5.10. The molecule has 114 valence electrons. The number of hydrogen-bond acceptors (Lipinski definition) is 2. The molecule has 0 bridgehead atoms. The molecular weight excluding hydrogens is 387 g/mol. The van der Waals surface area contributed by atoms with Crippen LogP contribution < -0.4 is 5.32 Å². The van der Waals surface area contributed by atoms with Gasteiger partial charge in [-0.25, -0.2) is 0 Å². The lowest BCUT2D eigenvalue weighted by molar-refractivity contribution is -0.117. The van der Waals surface area contributed by atoms with Crippen LogP contribution in [0.1, 0.15) is 24.4 Å². The van der Waals surface area contributed by atoms with Crippen LogP contribution in [0.2, 0.25) is 0 Å². The molecule has 0 spiro atoms. The summed E-state index contributed by atoms with van der Waals surface area (Å²) in [6.45, 7) is 1.43. The van der Waals surface area contributed by atoms with Gasteiger partial charge in [-0.1, -0.05) is 36.4 Å². The van der Waals surface area contributed by atoms with E-state index in [1.165, 1.54) is 5.56 Å². The molecule has 0 radical (unpaired) electrons. The second kappa shape index (κ2) is 7.24. The average Bonchev–Trinajstić information content (AvgIpc) is 2.96. The molecule has 1 amide bonds. The molecule has 1 N–H and O–H groups in total. The predicted octanol–water partition coefficient (Wildman–Crippen LogP) is 4.07. The van der Waals surface area contributed by atoms with E-state index in [4.69, 9.17) is 0 Å². The van der Waals surface area contributed by atoms with Gasteiger partial charge in [-0.3, -0.25) is 9.69 Å². The van der Waals surface area contributed by atoms with Crippen LogP contribution in [0.5, 0.6) is 0 Å². The highest BCUT2D eigenvalue weighted by atomic mass is 127. The molecule has 1 heterocycles. The smallest absolute Gasteiger partial charge is 0.238 e. The van der Waals surface area contributed by atoms with E-state index < -0.39 is 0 Å². The third-order valence-corrected chi connectivity index (χ3v) is 4.67. The van der Waals surface area contributed by atoms with Gasteiger partial charge in [0.1, 0.15) is 0 Å². The summed E-state index contributed by atoms with van der Waals surface area (Å²) in [7, 11) is 0. The molecule has 2 aromatic carbocycles. The molecule has 0 saturated carbocycles.